The van der Waals surface area contributed by atoms with Gasteiger partial charge in [0.15, 0.2) is 0 Å². The molecular formula is C31H48. The lowest BCUT2D eigenvalue weighted by atomic mass is 9.99. The number of unbranched alkanes of at least 4 members (excludes halogenated alkanes) is 10. The maximum atomic E-state index is 2.36. The molecule has 0 unspecified atom stereocenters. The molecule has 0 atom stereocenters. The number of hydrogen-bond donors (Lipinski definition) is 0. The van der Waals surface area contributed by atoms with E-state index >= 15 is 0 Å². The van der Waals surface area contributed by atoms with E-state index in [0.29, 0.717) is 0 Å². The summed E-state index contributed by atoms with van der Waals surface area (Å²) < 4.78 is 0. The summed E-state index contributed by atoms with van der Waals surface area (Å²) in [6, 6.07) is 18.9. The molecule has 0 aromatic heterocycles. The van der Waals surface area contributed by atoms with Gasteiger partial charge in [0.25, 0.3) is 0 Å². The first kappa shape index (κ1) is 25.7. The fourth-order valence-corrected chi connectivity index (χ4v) is 4.46. The highest BCUT2D eigenvalue weighted by molar-refractivity contribution is 5.24. The molecule has 0 nitrogen and oxygen atoms in total. The van der Waals surface area contributed by atoms with E-state index in [1.165, 1.54) is 131 Å². The highest BCUT2D eigenvalue weighted by Gasteiger charge is 2.00. The van der Waals surface area contributed by atoms with Crippen LogP contribution in [-0.2, 0) is 25.7 Å². The predicted molar refractivity (Wildman–Crippen MR) is 139 cm³/mol. The van der Waals surface area contributed by atoms with Crippen LogP contribution >= 0.6 is 0 Å². The maximum Gasteiger partial charge on any atom is -0.0276 e. The molecule has 0 N–H and O–H groups in total. The number of benzene rings is 2. The second-order valence-electron chi connectivity index (χ2n) is 9.52. The van der Waals surface area contributed by atoms with Gasteiger partial charge < -0.3 is 0 Å². The van der Waals surface area contributed by atoms with Gasteiger partial charge in [-0.1, -0.05) is 127 Å². The van der Waals surface area contributed by atoms with Crippen molar-refractivity contribution < 1.29 is 0 Å². The van der Waals surface area contributed by atoms with Crippen LogP contribution in [0, 0.1) is 0 Å². The summed E-state index contributed by atoms with van der Waals surface area (Å²) in [5.74, 6) is 0. The van der Waals surface area contributed by atoms with Gasteiger partial charge in [0.05, 0.1) is 0 Å². The van der Waals surface area contributed by atoms with Crippen molar-refractivity contribution in [1.29, 1.82) is 0 Å². The summed E-state index contributed by atoms with van der Waals surface area (Å²) >= 11 is 0. The quantitative estimate of drug-likeness (QED) is 0.210. The van der Waals surface area contributed by atoms with Crippen LogP contribution in [0.15, 0.2) is 48.5 Å². The summed E-state index contributed by atoms with van der Waals surface area (Å²) in [6.45, 7) is 4.57. The Labute approximate surface area is 193 Å². The van der Waals surface area contributed by atoms with Crippen LogP contribution in [0.3, 0.4) is 0 Å². The lowest BCUT2D eigenvalue weighted by Gasteiger charge is -2.07. The fraction of sp³-hybridized carbons (Fsp3) is 0.613. The van der Waals surface area contributed by atoms with Crippen molar-refractivity contribution in [3.63, 3.8) is 0 Å². The molecule has 2 rings (SSSR count). The van der Waals surface area contributed by atoms with Crippen LogP contribution < -0.4 is 0 Å². The molecule has 31 heavy (non-hydrogen) atoms. The van der Waals surface area contributed by atoms with E-state index < -0.39 is 0 Å². The molecular weight excluding hydrogens is 372 g/mol. The molecule has 0 heterocycles. The lowest BCUT2D eigenvalue weighted by molar-refractivity contribution is 0.607. The third-order valence-electron chi connectivity index (χ3n) is 6.61. The van der Waals surface area contributed by atoms with E-state index in [9.17, 15) is 0 Å². The van der Waals surface area contributed by atoms with Crippen molar-refractivity contribution in [3.05, 3.63) is 70.8 Å². The van der Waals surface area contributed by atoms with Crippen molar-refractivity contribution in [2.45, 2.75) is 123 Å². The van der Waals surface area contributed by atoms with Crippen molar-refractivity contribution in [2.75, 3.05) is 0 Å². The first-order valence-electron chi connectivity index (χ1n) is 13.5. The molecule has 0 radical (unpaired) electrons. The SMILES string of the molecule is CCCCCCCCc1ccc(CCCc2ccc(CCCCCCCC)cc2)cc1. The Hall–Kier alpha value is -1.56. The normalized spacial score (nSPS) is 11.2. The maximum absolute atomic E-state index is 2.36. The van der Waals surface area contributed by atoms with Gasteiger partial charge in [-0.15, -0.1) is 0 Å². The minimum atomic E-state index is 1.19. The summed E-state index contributed by atoms with van der Waals surface area (Å²) in [5.41, 5.74) is 6.01. The van der Waals surface area contributed by atoms with Gasteiger partial charge in [-0.25, -0.2) is 0 Å². The van der Waals surface area contributed by atoms with E-state index in [-0.39, 0.29) is 0 Å². The van der Waals surface area contributed by atoms with Gasteiger partial charge in [-0.2, -0.15) is 0 Å². The first-order valence-corrected chi connectivity index (χ1v) is 13.5. The van der Waals surface area contributed by atoms with E-state index in [1.807, 2.05) is 0 Å². The van der Waals surface area contributed by atoms with Crippen LogP contribution in [0.2, 0.25) is 0 Å². The molecule has 2 aromatic rings. The largest absolute Gasteiger partial charge is 0.0654 e. The molecule has 2 aromatic carbocycles. The molecule has 0 aliphatic rings. The van der Waals surface area contributed by atoms with Crippen LogP contribution in [-0.4, -0.2) is 0 Å². The molecule has 0 aliphatic heterocycles. The summed E-state index contributed by atoms with van der Waals surface area (Å²) in [6.07, 6.45) is 22.7. The standard InChI is InChI=1S/C31H48/c1-3-5-7-9-11-13-16-28-20-24-30(25-21-28)18-15-19-31-26-22-29(23-27-31)17-14-12-10-8-6-4-2/h20-27H,3-19H2,1-2H3. The topological polar surface area (TPSA) is 0 Å². The third kappa shape index (κ3) is 12.2. The average Bonchev–Trinajstić information content (AvgIpc) is 2.80. The lowest BCUT2D eigenvalue weighted by Crippen LogP contribution is -1.93. The van der Waals surface area contributed by atoms with Gasteiger partial charge >= 0.3 is 0 Å². The Morgan fingerprint density at radius 1 is 0.323 bits per heavy atom. The second-order valence-corrected chi connectivity index (χ2v) is 9.52. The fourth-order valence-electron chi connectivity index (χ4n) is 4.46. The molecule has 0 aliphatic carbocycles. The monoisotopic (exact) mass is 420 g/mol. The molecule has 0 saturated carbocycles. The van der Waals surface area contributed by atoms with Gasteiger partial charge in [-0.05, 0) is 67.2 Å². The molecule has 0 spiro atoms. The van der Waals surface area contributed by atoms with E-state index in [2.05, 4.69) is 62.4 Å². The molecule has 0 saturated heterocycles. The molecule has 172 valence electrons. The molecule has 0 fully saturated rings. The van der Waals surface area contributed by atoms with Gasteiger partial charge in [-0.3, -0.25) is 0 Å². The average molecular weight is 421 g/mol. The van der Waals surface area contributed by atoms with Crippen LogP contribution in [0.5, 0.6) is 0 Å². The Bertz CT molecular complexity index is 590. The third-order valence-corrected chi connectivity index (χ3v) is 6.61. The molecule has 0 amide bonds. The first-order chi connectivity index (χ1) is 15.3. The Morgan fingerprint density at radius 3 is 0.903 bits per heavy atom. The zero-order chi connectivity index (χ0) is 22.0. The summed E-state index contributed by atoms with van der Waals surface area (Å²) in [4.78, 5) is 0. The van der Waals surface area contributed by atoms with Crippen molar-refractivity contribution in [2.24, 2.45) is 0 Å². The zero-order valence-corrected chi connectivity index (χ0v) is 20.6. The van der Waals surface area contributed by atoms with Crippen molar-refractivity contribution in [1.82, 2.24) is 0 Å². The zero-order valence-electron chi connectivity index (χ0n) is 20.6. The van der Waals surface area contributed by atoms with Crippen LogP contribution in [0.4, 0.5) is 0 Å². The molecule has 0 bridgehead atoms. The van der Waals surface area contributed by atoms with E-state index in [0.717, 1.165) is 0 Å². The second kappa shape index (κ2) is 17.0. The Morgan fingerprint density at radius 2 is 0.581 bits per heavy atom. The highest BCUT2D eigenvalue weighted by Crippen LogP contribution is 2.15. The smallest absolute Gasteiger partial charge is 0.0276 e. The highest BCUT2D eigenvalue weighted by atomic mass is 14.1. The van der Waals surface area contributed by atoms with E-state index in [1.54, 1.807) is 0 Å². The minimum absolute atomic E-state index is 1.19. The number of rotatable bonds is 18. The van der Waals surface area contributed by atoms with Gasteiger partial charge in [0, 0.05) is 0 Å². The summed E-state index contributed by atoms with van der Waals surface area (Å²) in [5, 5.41) is 0. The van der Waals surface area contributed by atoms with Crippen molar-refractivity contribution >= 4 is 0 Å². The Kier molecular flexibility index (Phi) is 14.1. The number of hydrogen-bond acceptors (Lipinski definition) is 0. The van der Waals surface area contributed by atoms with Gasteiger partial charge in [0.1, 0.15) is 0 Å². The van der Waals surface area contributed by atoms with Crippen LogP contribution in [0.1, 0.15) is 120 Å². The summed E-state index contributed by atoms with van der Waals surface area (Å²) in [7, 11) is 0. The number of aryl methyl sites for hydroxylation is 4. The van der Waals surface area contributed by atoms with Gasteiger partial charge in [0.2, 0.25) is 0 Å². The Balaban J connectivity index is 1.57. The minimum Gasteiger partial charge on any atom is -0.0654 e. The van der Waals surface area contributed by atoms with Crippen LogP contribution in [0.25, 0.3) is 0 Å². The van der Waals surface area contributed by atoms with E-state index in [4.69, 9.17) is 0 Å². The van der Waals surface area contributed by atoms with Crippen molar-refractivity contribution in [3.8, 4) is 0 Å². The predicted octanol–water partition coefficient (Wildman–Crippen LogP) is 9.67. The molecule has 0 heteroatoms.